The van der Waals surface area contributed by atoms with Gasteiger partial charge in [-0.05, 0) is 42.8 Å². The molecule has 2 aromatic carbocycles. The highest BCUT2D eigenvalue weighted by atomic mass is 16.7. The van der Waals surface area contributed by atoms with E-state index in [2.05, 4.69) is 0 Å². The fourth-order valence-electron chi connectivity index (χ4n) is 2.60. The van der Waals surface area contributed by atoms with E-state index in [9.17, 15) is 9.59 Å². The normalized spacial score (nSPS) is 15.9. The highest BCUT2D eigenvalue weighted by molar-refractivity contribution is 6.14. The van der Waals surface area contributed by atoms with E-state index in [1.54, 1.807) is 36.4 Å². The van der Waals surface area contributed by atoms with Gasteiger partial charge < -0.3 is 18.9 Å². The summed E-state index contributed by atoms with van der Waals surface area (Å²) in [6.07, 6.45) is 1.65. The Morgan fingerprint density at radius 2 is 1.96 bits per heavy atom. The van der Waals surface area contributed by atoms with E-state index in [-0.39, 0.29) is 30.7 Å². The average Bonchev–Trinajstić information content (AvgIpc) is 3.17. The molecule has 2 aliphatic heterocycles. The SMILES string of the molecule is CC(=O)COc1ccc2c(c1)OC(=Cc1ccc3c(c1)OCO3)C2=O. The zero-order chi connectivity index (χ0) is 17.4. The first kappa shape index (κ1) is 15.3. The number of fused-ring (bicyclic) bond motifs is 2. The number of hydrogen-bond donors (Lipinski definition) is 0. The molecule has 0 atom stereocenters. The van der Waals surface area contributed by atoms with Crippen molar-refractivity contribution in [3.05, 3.63) is 53.3 Å². The van der Waals surface area contributed by atoms with Gasteiger partial charge in [-0.2, -0.15) is 0 Å². The van der Waals surface area contributed by atoms with Gasteiger partial charge in [0, 0.05) is 6.07 Å². The van der Waals surface area contributed by atoms with E-state index in [0.717, 1.165) is 5.56 Å². The van der Waals surface area contributed by atoms with Gasteiger partial charge in [0.1, 0.15) is 18.1 Å². The first-order valence-electron chi connectivity index (χ1n) is 7.70. The Kier molecular flexibility index (Phi) is 3.65. The van der Waals surface area contributed by atoms with Gasteiger partial charge in [-0.1, -0.05) is 6.07 Å². The summed E-state index contributed by atoms with van der Waals surface area (Å²) in [4.78, 5) is 23.5. The van der Waals surface area contributed by atoms with Gasteiger partial charge in [0.05, 0.1) is 5.56 Å². The zero-order valence-corrected chi connectivity index (χ0v) is 13.4. The molecule has 6 heteroatoms. The number of carbonyl (C=O) groups excluding carboxylic acids is 2. The second kappa shape index (κ2) is 5.98. The summed E-state index contributed by atoms with van der Waals surface area (Å²) < 4.78 is 21.6. The maximum absolute atomic E-state index is 12.5. The Bertz CT molecular complexity index is 912. The lowest BCUT2D eigenvalue weighted by Crippen LogP contribution is -2.06. The molecular formula is C19H14O6. The van der Waals surface area contributed by atoms with Crippen LogP contribution in [0.2, 0.25) is 0 Å². The Morgan fingerprint density at radius 1 is 1.12 bits per heavy atom. The van der Waals surface area contributed by atoms with Crippen LogP contribution < -0.4 is 18.9 Å². The van der Waals surface area contributed by atoms with Gasteiger partial charge in [-0.15, -0.1) is 0 Å². The van der Waals surface area contributed by atoms with Crippen LogP contribution >= 0.6 is 0 Å². The maximum atomic E-state index is 12.5. The van der Waals surface area contributed by atoms with E-state index in [1.807, 2.05) is 6.07 Å². The maximum Gasteiger partial charge on any atom is 0.231 e. The van der Waals surface area contributed by atoms with Crippen LogP contribution in [-0.2, 0) is 4.79 Å². The molecule has 2 aromatic rings. The van der Waals surface area contributed by atoms with Crippen LogP contribution in [0.1, 0.15) is 22.8 Å². The predicted molar refractivity (Wildman–Crippen MR) is 88.1 cm³/mol. The predicted octanol–water partition coefficient (Wildman–Crippen LogP) is 3.00. The fraction of sp³-hybridized carbons (Fsp3) is 0.158. The van der Waals surface area contributed by atoms with Gasteiger partial charge in [0.2, 0.25) is 12.6 Å². The average molecular weight is 338 g/mol. The van der Waals surface area contributed by atoms with Crippen molar-refractivity contribution in [2.24, 2.45) is 0 Å². The lowest BCUT2D eigenvalue weighted by atomic mass is 10.1. The van der Waals surface area contributed by atoms with Crippen molar-refractivity contribution in [3.63, 3.8) is 0 Å². The number of allylic oxidation sites excluding steroid dienone is 1. The number of rotatable bonds is 4. The molecule has 126 valence electrons. The number of carbonyl (C=O) groups is 2. The van der Waals surface area contributed by atoms with Crippen LogP contribution in [0.25, 0.3) is 6.08 Å². The van der Waals surface area contributed by atoms with Gasteiger partial charge in [0.15, 0.2) is 23.0 Å². The van der Waals surface area contributed by atoms with E-state index < -0.39 is 0 Å². The molecule has 0 spiro atoms. The molecule has 2 heterocycles. The molecule has 0 bridgehead atoms. The van der Waals surface area contributed by atoms with Crippen LogP contribution in [0, 0.1) is 0 Å². The third kappa shape index (κ3) is 2.94. The lowest BCUT2D eigenvalue weighted by Gasteiger charge is -2.05. The monoisotopic (exact) mass is 338 g/mol. The molecule has 4 rings (SSSR count). The first-order chi connectivity index (χ1) is 12.1. The third-order valence-corrected chi connectivity index (χ3v) is 3.78. The van der Waals surface area contributed by atoms with E-state index in [4.69, 9.17) is 18.9 Å². The number of ketones is 2. The number of ether oxygens (including phenoxy) is 4. The van der Waals surface area contributed by atoms with Crippen molar-refractivity contribution < 1.29 is 28.5 Å². The van der Waals surface area contributed by atoms with E-state index in [1.165, 1.54) is 6.92 Å². The Morgan fingerprint density at radius 3 is 2.80 bits per heavy atom. The van der Waals surface area contributed by atoms with Gasteiger partial charge in [-0.3, -0.25) is 9.59 Å². The number of hydrogen-bond acceptors (Lipinski definition) is 6. The van der Waals surface area contributed by atoms with Crippen LogP contribution in [-0.4, -0.2) is 25.0 Å². The van der Waals surface area contributed by atoms with Crippen LogP contribution in [0.15, 0.2) is 42.2 Å². The molecule has 0 fully saturated rings. The standard InChI is InChI=1S/C19H14O6/c1-11(20)9-22-13-3-4-14-16(8-13)25-18(19(14)21)7-12-2-5-15-17(6-12)24-10-23-15/h2-8H,9-10H2,1H3. The minimum atomic E-state index is -0.203. The van der Waals surface area contributed by atoms with Crippen molar-refractivity contribution in [1.29, 1.82) is 0 Å². The molecule has 0 aromatic heterocycles. The minimum Gasteiger partial charge on any atom is -0.486 e. The summed E-state index contributed by atoms with van der Waals surface area (Å²) >= 11 is 0. The Balaban J connectivity index is 1.58. The van der Waals surface area contributed by atoms with E-state index >= 15 is 0 Å². The molecule has 6 nitrogen and oxygen atoms in total. The van der Waals surface area contributed by atoms with Crippen molar-refractivity contribution in [2.75, 3.05) is 13.4 Å². The van der Waals surface area contributed by atoms with Crippen molar-refractivity contribution >= 4 is 17.6 Å². The Labute approximate surface area is 143 Å². The highest BCUT2D eigenvalue weighted by Crippen LogP contribution is 2.36. The van der Waals surface area contributed by atoms with Crippen LogP contribution in [0.5, 0.6) is 23.0 Å². The number of Topliss-reactive ketones (excluding diaryl/α,β-unsaturated/α-hetero) is 2. The van der Waals surface area contributed by atoms with Crippen LogP contribution in [0.4, 0.5) is 0 Å². The molecule has 0 amide bonds. The first-order valence-corrected chi connectivity index (χ1v) is 7.70. The molecule has 25 heavy (non-hydrogen) atoms. The second-order valence-electron chi connectivity index (χ2n) is 5.70. The molecule has 0 unspecified atom stereocenters. The fourth-order valence-corrected chi connectivity index (χ4v) is 2.60. The zero-order valence-electron chi connectivity index (χ0n) is 13.4. The van der Waals surface area contributed by atoms with Crippen LogP contribution in [0.3, 0.4) is 0 Å². The minimum absolute atomic E-state index is 0.0212. The third-order valence-electron chi connectivity index (χ3n) is 3.78. The molecule has 0 aliphatic carbocycles. The van der Waals surface area contributed by atoms with Gasteiger partial charge >= 0.3 is 0 Å². The lowest BCUT2D eigenvalue weighted by molar-refractivity contribution is -0.118. The van der Waals surface area contributed by atoms with Gasteiger partial charge in [0.25, 0.3) is 0 Å². The Hall–Kier alpha value is -3.28. The molecular weight excluding hydrogens is 324 g/mol. The summed E-state index contributed by atoms with van der Waals surface area (Å²) in [7, 11) is 0. The molecule has 0 saturated heterocycles. The van der Waals surface area contributed by atoms with Crippen molar-refractivity contribution in [3.8, 4) is 23.0 Å². The van der Waals surface area contributed by atoms with Crippen molar-refractivity contribution in [1.82, 2.24) is 0 Å². The summed E-state index contributed by atoms with van der Waals surface area (Å²) in [5.74, 6) is 2.14. The largest absolute Gasteiger partial charge is 0.486 e. The van der Waals surface area contributed by atoms with E-state index in [0.29, 0.717) is 28.6 Å². The molecule has 0 saturated carbocycles. The second-order valence-corrected chi connectivity index (χ2v) is 5.70. The number of benzene rings is 2. The summed E-state index contributed by atoms with van der Waals surface area (Å²) in [5.41, 5.74) is 1.23. The van der Waals surface area contributed by atoms with Crippen molar-refractivity contribution in [2.45, 2.75) is 6.92 Å². The van der Waals surface area contributed by atoms with Gasteiger partial charge in [-0.25, -0.2) is 0 Å². The molecule has 2 aliphatic rings. The summed E-state index contributed by atoms with van der Waals surface area (Å²) in [6, 6.07) is 10.3. The summed E-state index contributed by atoms with van der Waals surface area (Å²) in [6.45, 7) is 1.62. The molecule has 0 radical (unpaired) electrons. The molecule has 0 N–H and O–H groups in total. The quantitative estimate of drug-likeness (QED) is 0.798. The highest BCUT2D eigenvalue weighted by Gasteiger charge is 2.28. The summed E-state index contributed by atoms with van der Waals surface area (Å²) in [5, 5.41) is 0. The topological polar surface area (TPSA) is 71.1 Å². The smallest absolute Gasteiger partial charge is 0.231 e.